The lowest BCUT2D eigenvalue weighted by Crippen LogP contribution is -2.15. The summed E-state index contributed by atoms with van der Waals surface area (Å²) in [5, 5.41) is 10.9. The third kappa shape index (κ3) is 4.43. The molecule has 1 aliphatic carbocycles. The van der Waals surface area contributed by atoms with Gasteiger partial charge in [-0.15, -0.1) is 0 Å². The number of aliphatic hydroxyl groups is 1. The number of hydrogen-bond donors (Lipinski definition) is 1. The van der Waals surface area contributed by atoms with Crippen LogP contribution in [0.25, 0.3) is 0 Å². The first kappa shape index (κ1) is 14.7. The quantitative estimate of drug-likeness (QED) is 0.879. The van der Waals surface area contributed by atoms with Gasteiger partial charge in [0.05, 0.1) is 0 Å². The second-order valence-electron chi connectivity index (χ2n) is 5.49. The van der Waals surface area contributed by atoms with Crippen LogP contribution in [0, 0.1) is 5.92 Å². The number of halogens is 1. The summed E-state index contributed by atoms with van der Waals surface area (Å²) in [5.74, 6) is 0.271. The van der Waals surface area contributed by atoms with Gasteiger partial charge in [0.1, 0.15) is 11.8 Å². The zero-order valence-electron chi connectivity index (χ0n) is 11.4. The normalized spacial score (nSPS) is 20.9. The Kier molecular flexibility index (Phi) is 6.05. The van der Waals surface area contributed by atoms with Crippen molar-refractivity contribution in [2.45, 2.75) is 63.9 Å². The molecule has 106 valence electrons. The number of rotatable bonds is 2. The Morgan fingerprint density at radius 2 is 1.47 bits per heavy atom. The molecule has 0 radical (unpaired) electrons. The predicted molar refractivity (Wildman–Crippen MR) is 77.0 cm³/mol. The molecule has 2 rings (SSSR count). The molecule has 1 aliphatic rings. The highest BCUT2D eigenvalue weighted by Crippen LogP contribution is 2.33. The summed E-state index contributed by atoms with van der Waals surface area (Å²) in [4.78, 5) is 8.22. The molecule has 0 saturated heterocycles. The fraction of sp³-hybridized carbons (Fsp3) is 0.733. The van der Waals surface area contributed by atoms with Crippen molar-refractivity contribution in [3.63, 3.8) is 0 Å². The van der Waals surface area contributed by atoms with E-state index in [-0.39, 0.29) is 5.92 Å². The molecule has 3 nitrogen and oxygen atoms in total. The Bertz CT molecular complexity index is 376. The van der Waals surface area contributed by atoms with Crippen LogP contribution in [-0.2, 0) is 0 Å². The molecule has 0 spiro atoms. The van der Waals surface area contributed by atoms with Gasteiger partial charge in [0.15, 0.2) is 5.15 Å². The Labute approximate surface area is 120 Å². The fourth-order valence-electron chi connectivity index (χ4n) is 2.91. The molecule has 1 saturated carbocycles. The van der Waals surface area contributed by atoms with E-state index in [1.165, 1.54) is 44.9 Å². The van der Waals surface area contributed by atoms with Crippen molar-refractivity contribution in [2.24, 2.45) is 5.92 Å². The van der Waals surface area contributed by atoms with Crippen molar-refractivity contribution in [3.8, 4) is 0 Å². The molecule has 19 heavy (non-hydrogen) atoms. The average Bonchev–Trinajstić information content (AvgIpc) is 2.44. The van der Waals surface area contributed by atoms with Gasteiger partial charge in [0, 0.05) is 12.4 Å². The van der Waals surface area contributed by atoms with E-state index in [0.717, 1.165) is 12.8 Å². The smallest absolute Gasteiger partial charge is 0.153 e. The molecular weight excluding hydrogens is 260 g/mol. The van der Waals surface area contributed by atoms with Crippen molar-refractivity contribution < 1.29 is 5.11 Å². The zero-order valence-corrected chi connectivity index (χ0v) is 12.1. The minimum absolute atomic E-state index is 0.271. The maximum atomic E-state index is 10.5. The molecule has 0 bridgehead atoms. The van der Waals surface area contributed by atoms with E-state index < -0.39 is 6.10 Å². The van der Waals surface area contributed by atoms with Gasteiger partial charge in [-0.2, -0.15) is 0 Å². The highest BCUT2D eigenvalue weighted by molar-refractivity contribution is 6.30. The Morgan fingerprint density at radius 1 is 0.947 bits per heavy atom. The van der Waals surface area contributed by atoms with E-state index in [9.17, 15) is 5.11 Å². The fourth-order valence-corrected chi connectivity index (χ4v) is 3.13. The third-order valence-electron chi connectivity index (χ3n) is 4.06. The lowest BCUT2D eigenvalue weighted by atomic mass is 9.87. The predicted octanol–water partition coefficient (Wildman–Crippen LogP) is 4.30. The van der Waals surface area contributed by atoms with Crippen LogP contribution < -0.4 is 0 Å². The SMILES string of the molecule is OC(c1nccnc1Cl)C1CCCCCCCCC1. The summed E-state index contributed by atoms with van der Waals surface area (Å²) in [7, 11) is 0. The first-order valence-corrected chi connectivity index (χ1v) is 7.81. The van der Waals surface area contributed by atoms with Crippen molar-refractivity contribution in [3.05, 3.63) is 23.2 Å². The highest BCUT2D eigenvalue weighted by Gasteiger charge is 2.24. The van der Waals surface area contributed by atoms with E-state index in [4.69, 9.17) is 11.6 Å². The Balaban J connectivity index is 2.02. The minimum Gasteiger partial charge on any atom is -0.386 e. The van der Waals surface area contributed by atoms with Gasteiger partial charge in [0.25, 0.3) is 0 Å². The molecule has 1 unspecified atom stereocenters. The van der Waals surface area contributed by atoms with Crippen LogP contribution in [0.15, 0.2) is 12.4 Å². The molecule has 1 aromatic rings. The second-order valence-corrected chi connectivity index (χ2v) is 5.85. The van der Waals surface area contributed by atoms with Crippen LogP contribution in [0.2, 0.25) is 5.15 Å². The summed E-state index contributed by atoms with van der Waals surface area (Å²) in [5.41, 5.74) is 0.547. The number of aliphatic hydroxyl groups excluding tert-OH is 1. The number of hydrogen-bond acceptors (Lipinski definition) is 3. The van der Waals surface area contributed by atoms with Crippen molar-refractivity contribution in [1.82, 2.24) is 9.97 Å². The summed E-state index contributed by atoms with van der Waals surface area (Å²) >= 11 is 6.04. The van der Waals surface area contributed by atoms with Gasteiger partial charge >= 0.3 is 0 Å². The Hall–Kier alpha value is -0.670. The van der Waals surface area contributed by atoms with Gasteiger partial charge in [-0.3, -0.25) is 4.98 Å². The van der Waals surface area contributed by atoms with Crippen molar-refractivity contribution in [2.75, 3.05) is 0 Å². The van der Waals surface area contributed by atoms with Crippen LogP contribution in [-0.4, -0.2) is 15.1 Å². The monoisotopic (exact) mass is 282 g/mol. The minimum atomic E-state index is -0.569. The molecule has 0 amide bonds. The van der Waals surface area contributed by atoms with Crippen molar-refractivity contribution in [1.29, 1.82) is 0 Å². The summed E-state index contributed by atoms with van der Waals surface area (Å²) in [6, 6.07) is 0. The first-order chi connectivity index (χ1) is 9.29. The lowest BCUT2D eigenvalue weighted by Gasteiger charge is -2.23. The lowest BCUT2D eigenvalue weighted by molar-refractivity contribution is 0.0890. The molecule has 4 heteroatoms. The van der Waals surface area contributed by atoms with Crippen LogP contribution in [0.5, 0.6) is 0 Å². The Morgan fingerprint density at radius 3 is 2.05 bits per heavy atom. The molecule has 1 N–H and O–H groups in total. The van der Waals surface area contributed by atoms with Gasteiger partial charge < -0.3 is 5.11 Å². The summed E-state index contributed by atoms with van der Waals surface area (Å²) in [6.07, 6.45) is 13.7. The van der Waals surface area contributed by atoms with Crippen LogP contribution in [0.3, 0.4) is 0 Å². The van der Waals surface area contributed by atoms with E-state index in [2.05, 4.69) is 9.97 Å². The molecule has 0 aliphatic heterocycles. The first-order valence-electron chi connectivity index (χ1n) is 7.43. The summed E-state index contributed by atoms with van der Waals surface area (Å²) in [6.45, 7) is 0. The highest BCUT2D eigenvalue weighted by atomic mass is 35.5. The van der Waals surface area contributed by atoms with E-state index in [0.29, 0.717) is 10.8 Å². The average molecular weight is 283 g/mol. The molecule has 1 fully saturated rings. The van der Waals surface area contributed by atoms with E-state index in [1.54, 1.807) is 12.4 Å². The van der Waals surface area contributed by atoms with Gasteiger partial charge in [-0.25, -0.2) is 4.98 Å². The van der Waals surface area contributed by atoms with Crippen LogP contribution >= 0.6 is 11.6 Å². The largest absolute Gasteiger partial charge is 0.386 e. The second kappa shape index (κ2) is 7.81. The van der Waals surface area contributed by atoms with Gasteiger partial charge in [-0.1, -0.05) is 56.5 Å². The van der Waals surface area contributed by atoms with E-state index >= 15 is 0 Å². The third-order valence-corrected chi connectivity index (χ3v) is 4.35. The number of aromatic nitrogens is 2. The molecular formula is C15H23ClN2O. The number of nitrogens with zero attached hydrogens (tertiary/aromatic N) is 2. The zero-order chi connectivity index (χ0) is 13.5. The van der Waals surface area contributed by atoms with Gasteiger partial charge in [-0.05, 0) is 18.8 Å². The summed E-state index contributed by atoms with van der Waals surface area (Å²) < 4.78 is 0. The van der Waals surface area contributed by atoms with Gasteiger partial charge in [0.2, 0.25) is 0 Å². The standard InChI is InChI=1S/C15H23ClN2O/c16-15-13(17-10-11-18-15)14(19)12-8-6-4-2-1-3-5-7-9-12/h10-12,14,19H,1-9H2. The molecule has 1 aromatic heterocycles. The topological polar surface area (TPSA) is 46.0 Å². The maximum absolute atomic E-state index is 10.5. The molecule has 1 heterocycles. The van der Waals surface area contributed by atoms with Crippen LogP contribution in [0.1, 0.15) is 69.6 Å². The van der Waals surface area contributed by atoms with Crippen molar-refractivity contribution >= 4 is 11.6 Å². The molecule has 0 aromatic carbocycles. The molecule has 1 atom stereocenters. The van der Waals surface area contributed by atoms with E-state index in [1.807, 2.05) is 0 Å². The van der Waals surface area contributed by atoms with Crippen LogP contribution in [0.4, 0.5) is 0 Å². The maximum Gasteiger partial charge on any atom is 0.153 e.